The van der Waals surface area contributed by atoms with E-state index in [1.807, 2.05) is 30.3 Å². The van der Waals surface area contributed by atoms with E-state index >= 15 is 0 Å². The number of aliphatic hydroxyl groups is 2. The highest BCUT2D eigenvalue weighted by Crippen LogP contribution is 2.22. The molecule has 0 saturated heterocycles. The molecule has 0 bridgehead atoms. The first-order valence-corrected chi connectivity index (χ1v) is 8.45. The standard InChI is InChI=1S/C20H26N2O3/c1-15-5-3-6-17(13-15)16-7-9-18(10-8-16)22-19(24)21-14-20(2,25)11-4-12-23/h3,5-10,13,23,25H,4,11-12,14H2,1-2H3,(H2,21,22,24)/t20-/m0/s1. The van der Waals surface area contributed by atoms with Crippen LogP contribution in [0.25, 0.3) is 11.1 Å². The number of aryl methyl sites for hydroxylation is 1. The van der Waals surface area contributed by atoms with E-state index in [1.54, 1.807) is 6.92 Å². The van der Waals surface area contributed by atoms with Gasteiger partial charge in [-0.05, 0) is 49.9 Å². The fourth-order valence-corrected chi connectivity index (χ4v) is 2.56. The van der Waals surface area contributed by atoms with Crippen molar-refractivity contribution in [2.45, 2.75) is 32.3 Å². The Balaban J connectivity index is 1.89. The summed E-state index contributed by atoms with van der Waals surface area (Å²) in [6.07, 6.45) is 0.922. The first kappa shape index (κ1) is 19.0. The van der Waals surface area contributed by atoms with Crippen LogP contribution in [-0.4, -0.2) is 35.0 Å². The fraction of sp³-hybridized carbons (Fsp3) is 0.350. The van der Waals surface area contributed by atoms with Crippen LogP contribution in [0.2, 0.25) is 0 Å². The van der Waals surface area contributed by atoms with Crippen LogP contribution in [0.1, 0.15) is 25.3 Å². The molecule has 2 aromatic carbocycles. The van der Waals surface area contributed by atoms with Gasteiger partial charge in [0.2, 0.25) is 0 Å². The van der Waals surface area contributed by atoms with E-state index in [-0.39, 0.29) is 19.2 Å². The minimum absolute atomic E-state index is 0.0234. The minimum Gasteiger partial charge on any atom is -0.396 e. The lowest BCUT2D eigenvalue weighted by Crippen LogP contribution is -2.42. The first-order valence-electron chi connectivity index (χ1n) is 8.45. The van der Waals surface area contributed by atoms with E-state index in [2.05, 4.69) is 35.8 Å². The third-order valence-electron chi connectivity index (χ3n) is 4.00. The number of amides is 2. The van der Waals surface area contributed by atoms with Gasteiger partial charge in [-0.15, -0.1) is 0 Å². The number of benzene rings is 2. The lowest BCUT2D eigenvalue weighted by atomic mass is 10.0. The summed E-state index contributed by atoms with van der Waals surface area (Å²) in [5, 5.41) is 24.3. The summed E-state index contributed by atoms with van der Waals surface area (Å²) in [7, 11) is 0. The lowest BCUT2D eigenvalue weighted by Gasteiger charge is -2.23. The Hall–Kier alpha value is -2.37. The summed E-state index contributed by atoms with van der Waals surface area (Å²) in [4.78, 5) is 11.9. The highest BCUT2D eigenvalue weighted by atomic mass is 16.3. The van der Waals surface area contributed by atoms with Gasteiger partial charge < -0.3 is 20.8 Å². The molecule has 0 aliphatic carbocycles. The van der Waals surface area contributed by atoms with Gasteiger partial charge in [-0.25, -0.2) is 4.79 Å². The van der Waals surface area contributed by atoms with Crippen LogP contribution in [0.5, 0.6) is 0 Å². The van der Waals surface area contributed by atoms with E-state index in [9.17, 15) is 9.90 Å². The zero-order valence-electron chi connectivity index (χ0n) is 14.7. The Morgan fingerprint density at radius 1 is 1.12 bits per heavy atom. The molecule has 0 heterocycles. The summed E-state index contributed by atoms with van der Waals surface area (Å²) in [6.45, 7) is 3.84. The van der Waals surface area contributed by atoms with Crippen molar-refractivity contribution in [3.05, 3.63) is 54.1 Å². The van der Waals surface area contributed by atoms with Crippen molar-refractivity contribution in [2.75, 3.05) is 18.5 Å². The molecule has 2 amide bonds. The first-order chi connectivity index (χ1) is 11.9. The summed E-state index contributed by atoms with van der Waals surface area (Å²) >= 11 is 0. The molecule has 0 aromatic heterocycles. The topological polar surface area (TPSA) is 81.6 Å². The Morgan fingerprint density at radius 3 is 2.48 bits per heavy atom. The van der Waals surface area contributed by atoms with Gasteiger partial charge in [0.1, 0.15) is 0 Å². The maximum Gasteiger partial charge on any atom is 0.319 e. The molecule has 4 N–H and O–H groups in total. The third-order valence-corrected chi connectivity index (χ3v) is 4.00. The van der Waals surface area contributed by atoms with Crippen LogP contribution in [-0.2, 0) is 0 Å². The highest BCUT2D eigenvalue weighted by molar-refractivity contribution is 5.89. The average molecular weight is 342 g/mol. The lowest BCUT2D eigenvalue weighted by molar-refractivity contribution is 0.0464. The number of rotatable bonds is 7. The van der Waals surface area contributed by atoms with Crippen molar-refractivity contribution in [1.29, 1.82) is 0 Å². The monoisotopic (exact) mass is 342 g/mol. The summed E-state index contributed by atoms with van der Waals surface area (Å²) in [5.41, 5.74) is 3.07. The molecule has 0 aliphatic heterocycles. The molecule has 0 fully saturated rings. The van der Waals surface area contributed by atoms with Gasteiger partial charge in [-0.3, -0.25) is 0 Å². The van der Waals surface area contributed by atoms with Gasteiger partial charge in [0.25, 0.3) is 0 Å². The molecule has 0 radical (unpaired) electrons. The van der Waals surface area contributed by atoms with Gasteiger partial charge in [0, 0.05) is 18.8 Å². The number of carbonyl (C=O) groups is 1. The summed E-state index contributed by atoms with van der Waals surface area (Å²) in [5.74, 6) is 0. The second-order valence-electron chi connectivity index (χ2n) is 6.58. The van der Waals surface area contributed by atoms with E-state index in [0.717, 1.165) is 11.1 Å². The van der Waals surface area contributed by atoms with Crippen molar-refractivity contribution in [3.8, 4) is 11.1 Å². The smallest absolute Gasteiger partial charge is 0.319 e. The predicted octanol–water partition coefficient (Wildman–Crippen LogP) is 3.31. The zero-order valence-corrected chi connectivity index (χ0v) is 14.7. The molecular formula is C20H26N2O3. The van der Waals surface area contributed by atoms with Crippen molar-refractivity contribution in [3.63, 3.8) is 0 Å². The second-order valence-corrected chi connectivity index (χ2v) is 6.58. The number of hydrogen-bond donors (Lipinski definition) is 4. The molecule has 1 atom stereocenters. The summed E-state index contributed by atoms with van der Waals surface area (Å²) in [6, 6.07) is 15.5. The zero-order chi connectivity index (χ0) is 18.3. The number of anilines is 1. The van der Waals surface area contributed by atoms with Crippen molar-refractivity contribution >= 4 is 11.7 Å². The van der Waals surface area contributed by atoms with Gasteiger partial charge in [0.15, 0.2) is 0 Å². The molecule has 2 rings (SSSR count). The maximum atomic E-state index is 11.9. The molecule has 5 heteroatoms. The quantitative estimate of drug-likeness (QED) is 0.623. The van der Waals surface area contributed by atoms with Gasteiger partial charge in [-0.2, -0.15) is 0 Å². The van der Waals surface area contributed by atoms with Crippen LogP contribution < -0.4 is 10.6 Å². The van der Waals surface area contributed by atoms with Gasteiger partial charge >= 0.3 is 6.03 Å². The molecule has 0 saturated carbocycles. The number of hydrogen-bond acceptors (Lipinski definition) is 3. The van der Waals surface area contributed by atoms with E-state index in [0.29, 0.717) is 18.5 Å². The number of aliphatic hydroxyl groups excluding tert-OH is 1. The van der Waals surface area contributed by atoms with Crippen molar-refractivity contribution < 1.29 is 15.0 Å². The van der Waals surface area contributed by atoms with E-state index in [1.165, 1.54) is 5.56 Å². The molecule has 5 nitrogen and oxygen atoms in total. The Morgan fingerprint density at radius 2 is 1.84 bits per heavy atom. The van der Waals surface area contributed by atoms with Gasteiger partial charge in [0.05, 0.1) is 5.60 Å². The Labute approximate surface area is 148 Å². The molecular weight excluding hydrogens is 316 g/mol. The van der Waals surface area contributed by atoms with Crippen LogP contribution in [0, 0.1) is 6.92 Å². The number of carbonyl (C=O) groups excluding carboxylic acids is 1. The summed E-state index contributed by atoms with van der Waals surface area (Å²) < 4.78 is 0. The van der Waals surface area contributed by atoms with Crippen LogP contribution in [0.15, 0.2) is 48.5 Å². The minimum atomic E-state index is -1.03. The molecule has 25 heavy (non-hydrogen) atoms. The fourth-order valence-electron chi connectivity index (χ4n) is 2.56. The molecule has 0 unspecified atom stereocenters. The average Bonchev–Trinajstić information content (AvgIpc) is 2.59. The number of urea groups is 1. The van der Waals surface area contributed by atoms with Crippen LogP contribution in [0.4, 0.5) is 10.5 Å². The Kier molecular flexibility index (Phi) is 6.56. The highest BCUT2D eigenvalue weighted by Gasteiger charge is 2.20. The normalized spacial score (nSPS) is 13.1. The van der Waals surface area contributed by atoms with Crippen LogP contribution in [0.3, 0.4) is 0 Å². The van der Waals surface area contributed by atoms with Gasteiger partial charge in [-0.1, -0.05) is 42.0 Å². The third kappa shape index (κ3) is 6.21. The van der Waals surface area contributed by atoms with Crippen molar-refractivity contribution in [2.24, 2.45) is 0 Å². The number of nitrogens with one attached hydrogen (secondary N) is 2. The molecule has 134 valence electrons. The Bertz CT molecular complexity index is 696. The molecule has 2 aromatic rings. The maximum absolute atomic E-state index is 11.9. The molecule has 0 aliphatic rings. The van der Waals surface area contributed by atoms with E-state index in [4.69, 9.17) is 5.11 Å². The van der Waals surface area contributed by atoms with Crippen LogP contribution >= 0.6 is 0 Å². The van der Waals surface area contributed by atoms with E-state index < -0.39 is 5.60 Å². The SMILES string of the molecule is Cc1cccc(-c2ccc(NC(=O)NC[C@@](C)(O)CCCO)cc2)c1. The second kappa shape index (κ2) is 8.65. The largest absolute Gasteiger partial charge is 0.396 e. The predicted molar refractivity (Wildman–Crippen MR) is 101 cm³/mol. The van der Waals surface area contributed by atoms with Crippen molar-refractivity contribution in [1.82, 2.24) is 5.32 Å². The molecule has 0 spiro atoms.